The Morgan fingerprint density at radius 1 is 1.09 bits per heavy atom. The molecular weight excluding hydrogens is 566 g/mol. The van der Waals surface area contributed by atoms with Crippen LogP contribution in [0.4, 0.5) is 17.1 Å². The van der Waals surface area contributed by atoms with E-state index in [0.29, 0.717) is 25.0 Å². The first-order valence-electron chi connectivity index (χ1n) is 10.6. The number of sulfonamides is 1. The van der Waals surface area contributed by atoms with Gasteiger partial charge in [0.05, 0.1) is 23.5 Å². The molecule has 1 aliphatic heterocycles. The summed E-state index contributed by atoms with van der Waals surface area (Å²) in [6.45, 7) is 1.47. The van der Waals surface area contributed by atoms with E-state index in [9.17, 15) is 26.9 Å². The number of nitro benzene ring substituents is 1. The van der Waals surface area contributed by atoms with Gasteiger partial charge in [-0.3, -0.25) is 19.3 Å². The Labute approximate surface area is 212 Å². The number of pyridine rings is 1. The standard InChI is InChI=1S/C20H26BrN5O7S2/c1-34(29,30)33-15-14-24(9-6-21)19-3-2-18(26(27)28)16-20(19)35(31,32)25-12-10-23(11-13-25)17-4-7-22-8-5-17/h2-5,7-8,16H,6,9-15H2,1H3. The van der Waals surface area contributed by atoms with E-state index in [1.165, 1.54) is 16.4 Å². The first-order valence-corrected chi connectivity index (χ1v) is 15.0. The van der Waals surface area contributed by atoms with Gasteiger partial charge in [0, 0.05) is 74.8 Å². The van der Waals surface area contributed by atoms with E-state index in [1.54, 1.807) is 17.3 Å². The van der Waals surface area contributed by atoms with Gasteiger partial charge < -0.3 is 9.80 Å². The molecule has 2 aromatic rings. The van der Waals surface area contributed by atoms with Gasteiger partial charge >= 0.3 is 0 Å². The Balaban J connectivity index is 1.90. The van der Waals surface area contributed by atoms with Crippen LogP contribution in [0.2, 0.25) is 0 Å². The predicted molar refractivity (Wildman–Crippen MR) is 135 cm³/mol. The monoisotopic (exact) mass is 591 g/mol. The van der Waals surface area contributed by atoms with Gasteiger partial charge in [-0.25, -0.2) is 8.42 Å². The molecular formula is C20H26BrN5O7S2. The van der Waals surface area contributed by atoms with Crippen LogP contribution < -0.4 is 9.80 Å². The number of aromatic nitrogens is 1. The van der Waals surface area contributed by atoms with Crippen molar-refractivity contribution in [3.8, 4) is 0 Å². The first kappa shape index (κ1) is 27.3. The lowest BCUT2D eigenvalue weighted by atomic mass is 10.2. The fourth-order valence-electron chi connectivity index (χ4n) is 3.72. The molecule has 15 heteroatoms. The molecule has 0 N–H and O–H groups in total. The van der Waals surface area contributed by atoms with Crippen molar-refractivity contribution in [2.24, 2.45) is 0 Å². The fourth-order valence-corrected chi connectivity index (χ4v) is 6.18. The lowest BCUT2D eigenvalue weighted by Gasteiger charge is -2.36. The summed E-state index contributed by atoms with van der Waals surface area (Å²) in [7, 11) is -7.78. The van der Waals surface area contributed by atoms with Gasteiger partial charge in [-0.15, -0.1) is 0 Å². The Kier molecular flexibility index (Phi) is 9.04. The summed E-state index contributed by atoms with van der Waals surface area (Å²) in [5, 5.41) is 11.9. The molecule has 2 heterocycles. The molecule has 1 aromatic carbocycles. The number of hydrogen-bond acceptors (Lipinski definition) is 10. The fraction of sp³-hybridized carbons (Fsp3) is 0.450. The van der Waals surface area contributed by atoms with Crippen molar-refractivity contribution < 1.29 is 25.9 Å². The number of halogens is 1. The predicted octanol–water partition coefficient (Wildman–Crippen LogP) is 1.68. The minimum atomic E-state index is -4.10. The number of alkyl halides is 1. The topological polar surface area (TPSA) is 143 Å². The molecule has 0 radical (unpaired) electrons. The third-order valence-electron chi connectivity index (χ3n) is 5.39. The molecule has 0 saturated carbocycles. The van der Waals surface area contributed by atoms with Crippen molar-refractivity contribution in [3.05, 3.63) is 52.8 Å². The highest BCUT2D eigenvalue weighted by molar-refractivity contribution is 9.09. The van der Waals surface area contributed by atoms with E-state index in [0.717, 1.165) is 18.0 Å². The van der Waals surface area contributed by atoms with E-state index in [-0.39, 0.29) is 42.5 Å². The molecule has 0 atom stereocenters. The molecule has 0 aliphatic carbocycles. The zero-order valence-electron chi connectivity index (χ0n) is 19.0. The van der Waals surface area contributed by atoms with E-state index in [2.05, 4.69) is 20.9 Å². The van der Waals surface area contributed by atoms with Crippen molar-refractivity contribution in [3.63, 3.8) is 0 Å². The van der Waals surface area contributed by atoms with Crippen LogP contribution in [0.15, 0.2) is 47.6 Å². The van der Waals surface area contributed by atoms with Crippen molar-refractivity contribution in [2.75, 3.05) is 67.3 Å². The number of piperazine rings is 1. The van der Waals surface area contributed by atoms with Crippen LogP contribution in [0.25, 0.3) is 0 Å². The minimum Gasteiger partial charge on any atom is -0.369 e. The largest absolute Gasteiger partial charge is 0.369 e. The quantitative estimate of drug-likeness (QED) is 0.164. The normalized spacial score (nSPS) is 15.2. The zero-order chi connectivity index (χ0) is 25.6. The maximum absolute atomic E-state index is 13.7. The summed E-state index contributed by atoms with van der Waals surface area (Å²) >= 11 is 3.32. The number of benzene rings is 1. The number of non-ortho nitro benzene ring substituents is 1. The van der Waals surface area contributed by atoms with Crippen LogP contribution in [0.3, 0.4) is 0 Å². The summed E-state index contributed by atoms with van der Waals surface area (Å²) in [6, 6.07) is 7.35. The van der Waals surface area contributed by atoms with E-state index < -0.39 is 25.1 Å². The molecule has 1 saturated heterocycles. The second-order valence-corrected chi connectivity index (χ2v) is 12.1. The van der Waals surface area contributed by atoms with Crippen LogP contribution >= 0.6 is 15.9 Å². The highest BCUT2D eigenvalue weighted by Crippen LogP contribution is 2.32. The maximum atomic E-state index is 13.7. The van der Waals surface area contributed by atoms with Crippen LogP contribution in [-0.4, -0.2) is 88.5 Å². The highest BCUT2D eigenvalue weighted by atomic mass is 79.9. The number of rotatable bonds is 11. The third-order valence-corrected chi connectivity index (χ3v) is 8.27. The number of nitro groups is 1. The van der Waals surface area contributed by atoms with Gasteiger partial charge in [0.15, 0.2) is 0 Å². The van der Waals surface area contributed by atoms with E-state index >= 15 is 0 Å². The average molecular weight is 592 g/mol. The van der Waals surface area contributed by atoms with Crippen molar-refractivity contribution in [1.82, 2.24) is 9.29 Å². The van der Waals surface area contributed by atoms with Crippen LogP contribution in [-0.2, 0) is 24.3 Å². The van der Waals surface area contributed by atoms with Crippen molar-refractivity contribution in [1.29, 1.82) is 0 Å². The summed E-state index contributed by atoms with van der Waals surface area (Å²) in [5.41, 5.74) is 0.820. The van der Waals surface area contributed by atoms with Gasteiger partial charge in [0.1, 0.15) is 4.90 Å². The van der Waals surface area contributed by atoms with Gasteiger partial charge in [0.25, 0.3) is 15.8 Å². The van der Waals surface area contributed by atoms with Crippen LogP contribution in [0, 0.1) is 10.1 Å². The summed E-state index contributed by atoms with van der Waals surface area (Å²) in [4.78, 5) is 18.2. The molecule has 0 amide bonds. The van der Waals surface area contributed by atoms with Crippen molar-refractivity contribution in [2.45, 2.75) is 4.90 Å². The molecule has 1 aliphatic rings. The van der Waals surface area contributed by atoms with Gasteiger partial charge in [-0.1, -0.05) is 15.9 Å². The summed E-state index contributed by atoms with van der Waals surface area (Å²) < 4.78 is 56.2. The van der Waals surface area contributed by atoms with E-state index in [1.807, 2.05) is 17.0 Å². The summed E-state index contributed by atoms with van der Waals surface area (Å²) in [6.07, 6.45) is 4.26. The molecule has 1 fully saturated rings. The molecule has 12 nitrogen and oxygen atoms in total. The summed E-state index contributed by atoms with van der Waals surface area (Å²) in [5.74, 6) is 0. The Hall–Kier alpha value is -2.33. The van der Waals surface area contributed by atoms with Gasteiger partial charge in [-0.05, 0) is 18.2 Å². The Bertz CT molecular complexity index is 1240. The lowest BCUT2D eigenvalue weighted by molar-refractivity contribution is -0.385. The minimum absolute atomic E-state index is 0.0643. The molecule has 192 valence electrons. The molecule has 0 unspecified atom stereocenters. The second kappa shape index (κ2) is 11.6. The highest BCUT2D eigenvalue weighted by Gasteiger charge is 2.33. The van der Waals surface area contributed by atoms with Crippen LogP contribution in [0.1, 0.15) is 0 Å². The molecule has 1 aromatic heterocycles. The van der Waals surface area contributed by atoms with E-state index in [4.69, 9.17) is 4.18 Å². The molecule has 0 spiro atoms. The van der Waals surface area contributed by atoms with Gasteiger partial charge in [-0.2, -0.15) is 12.7 Å². The Morgan fingerprint density at radius 3 is 2.31 bits per heavy atom. The smallest absolute Gasteiger partial charge is 0.270 e. The number of anilines is 2. The average Bonchev–Trinajstić information content (AvgIpc) is 2.83. The second-order valence-electron chi connectivity index (χ2n) is 7.71. The number of nitrogens with zero attached hydrogens (tertiary/aromatic N) is 5. The van der Waals surface area contributed by atoms with Crippen LogP contribution in [0.5, 0.6) is 0 Å². The maximum Gasteiger partial charge on any atom is 0.270 e. The Morgan fingerprint density at radius 2 is 1.74 bits per heavy atom. The van der Waals surface area contributed by atoms with Crippen molar-refractivity contribution >= 4 is 53.1 Å². The first-order chi connectivity index (χ1) is 16.5. The third kappa shape index (κ3) is 7.10. The number of hydrogen-bond donors (Lipinski definition) is 0. The SMILES string of the molecule is CS(=O)(=O)OCCN(CCBr)c1ccc([N+](=O)[O-])cc1S(=O)(=O)N1CCN(c2ccncc2)CC1. The molecule has 35 heavy (non-hydrogen) atoms. The molecule has 3 rings (SSSR count). The lowest BCUT2D eigenvalue weighted by Crippen LogP contribution is -2.49. The molecule has 0 bridgehead atoms. The van der Waals surface area contributed by atoms with Gasteiger partial charge in [0.2, 0.25) is 10.0 Å². The zero-order valence-corrected chi connectivity index (χ0v) is 22.2.